The summed E-state index contributed by atoms with van der Waals surface area (Å²) >= 11 is 14.2. The molecule has 51 heavy (non-hydrogen) atoms. The van der Waals surface area contributed by atoms with Crippen molar-refractivity contribution in [2.24, 2.45) is 5.92 Å². The molecule has 2 aromatic carbocycles. The summed E-state index contributed by atoms with van der Waals surface area (Å²) in [7, 11) is 4.66. The number of pyridine rings is 1. The fraction of sp³-hybridized carbons (Fsp3) is 0.395. The van der Waals surface area contributed by atoms with Crippen molar-refractivity contribution in [3.8, 4) is 11.5 Å². The molecule has 1 unspecified atom stereocenters. The third-order valence-corrected chi connectivity index (χ3v) is 11.3. The first-order chi connectivity index (χ1) is 24.7. The van der Waals surface area contributed by atoms with Crippen LogP contribution in [0, 0.1) is 5.92 Å². The van der Waals surface area contributed by atoms with Gasteiger partial charge in [-0.25, -0.2) is 9.59 Å². The number of nitrogens with one attached hydrogen (secondary N) is 1. The molecule has 10 nitrogen and oxygen atoms in total. The lowest BCUT2D eigenvalue weighted by Gasteiger charge is -2.45. The highest BCUT2D eigenvalue weighted by Crippen LogP contribution is 2.37. The molecule has 0 spiro atoms. The van der Waals surface area contributed by atoms with E-state index in [0.29, 0.717) is 43.5 Å². The van der Waals surface area contributed by atoms with E-state index in [4.69, 9.17) is 46.9 Å². The molecular formula is C38H41Cl2N3O7S. The molecule has 13 heteroatoms. The van der Waals surface area contributed by atoms with Gasteiger partial charge in [-0.05, 0) is 72.8 Å². The lowest BCUT2D eigenvalue weighted by molar-refractivity contribution is -0.170. The molecule has 2 bridgehead atoms. The Morgan fingerprint density at radius 1 is 0.980 bits per heavy atom. The van der Waals surface area contributed by atoms with Crippen LogP contribution in [0.1, 0.15) is 50.2 Å². The first kappa shape index (κ1) is 37.1. The van der Waals surface area contributed by atoms with E-state index in [1.165, 1.54) is 30.8 Å². The Labute approximate surface area is 311 Å². The Kier molecular flexibility index (Phi) is 12.2. The van der Waals surface area contributed by atoms with Crippen molar-refractivity contribution < 1.29 is 33.3 Å². The molecule has 5 heterocycles. The van der Waals surface area contributed by atoms with E-state index in [1.807, 2.05) is 36.4 Å². The maximum Gasteiger partial charge on any atom is 0.348 e. The average molecular weight is 755 g/mol. The largest absolute Gasteiger partial charge is 0.493 e. The second-order valence-corrected chi connectivity index (χ2v) is 14.7. The van der Waals surface area contributed by atoms with Crippen LogP contribution in [0.3, 0.4) is 0 Å². The van der Waals surface area contributed by atoms with Gasteiger partial charge in [-0.15, -0.1) is 11.3 Å². The van der Waals surface area contributed by atoms with E-state index in [-0.39, 0.29) is 31.6 Å². The Balaban J connectivity index is 1.22. The monoisotopic (exact) mass is 753 g/mol. The summed E-state index contributed by atoms with van der Waals surface area (Å²) < 4.78 is 29.0. The Morgan fingerprint density at radius 3 is 2.35 bits per heavy atom. The summed E-state index contributed by atoms with van der Waals surface area (Å²) in [6.45, 7) is 3.16. The summed E-state index contributed by atoms with van der Waals surface area (Å²) in [5, 5.41) is 4.19. The van der Waals surface area contributed by atoms with Crippen LogP contribution in [0.2, 0.25) is 10.0 Å². The minimum atomic E-state index is -1.27. The second-order valence-electron chi connectivity index (χ2n) is 12.7. The molecule has 3 fully saturated rings. The van der Waals surface area contributed by atoms with Crippen LogP contribution >= 0.6 is 34.5 Å². The number of fused-ring (bicyclic) bond motifs is 3. The molecule has 3 aliphatic heterocycles. The Bertz CT molecular complexity index is 1800. The van der Waals surface area contributed by atoms with E-state index in [9.17, 15) is 9.59 Å². The van der Waals surface area contributed by atoms with Gasteiger partial charge in [0.25, 0.3) is 0 Å². The fourth-order valence-corrected chi connectivity index (χ4v) is 8.16. The zero-order chi connectivity index (χ0) is 36.0. The van der Waals surface area contributed by atoms with E-state index in [1.54, 1.807) is 38.5 Å². The van der Waals surface area contributed by atoms with Gasteiger partial charge < -0.3 is 23.7 Å². The number of hydrogen-bond donors (Lipinski definition) is 1. The average Bonchev–Trinajstić information content (AvgIpc) is 3.64. The van der Waals surface area contributed by atoms with Crippen LogP contribution in [-0.2, 0) is 37.5 Å². The molecule has 0 aliphatic carbocycles. The van der Waals surface area contributed by atoms with Gasteiger partial charge in [0.2, 0.25) is 0 Å². The van der Waals surface area contributed by atoms with Crippen LogP contribution in [0.4, 0.5) is 0 Å². The van der Waals surface area contributed by atoms with Crippen molar-refractivity contribution in [3.63, 3.8) is 0 Å². The quantitative estimate of drug-likeness (QED) is 0.129. The molecule has 0 radical (unpaired) electrons. The molecule has 4 aromatic rings. The smallest absolute Gasteiger partial charge is 0.348 e. The number of esters is 2. The first-order valence-corrected chi connectivity index (χ1v) is 18.3. The maximum atomic E-state index is 14.2. The highest BCUT2D eigenvalue weighted by Gasteiger charge is 2.45. The predicted molar refractivity (Wildman–Crippen MR) is 196 cm³/mol. The number of methoxy groups -OCH3 is 3. The number of hydrogen-bond acceptors (Lipinski definition) is 11. The number of piperidine rings is 3. The number of thiophene rings is 1. The summed E-state index contributed by atoms with van der Waals surface area (Å²) in [6.07, 6.45) is 4.31. The van der Waals surface area contributed by atoms with E-state index < -0.39 is 17.6 Å². The number of aromatic nitrogens is 1. The summed E-state index contributed by atoms with van der Waals surface area (Å²) in [5.41, 5.74) is 0.726. The Hall–Kier alpha value is -3.71. The topological polar surface area (TPSA) is 108 Å². The number of benzene rings is 2. The number of nitrogens with zero attached hydrogens (tertiary/aromatic N) is 2. The van der Waals surface area contributed by atoms with Gasteiger partial charge in [0.05, 0.1) is 30.9 Å². The molecule has 2 aromatic heterocycles. The number of rotatable bonds is 15. The maximum absolute atomic E-state index is 14.2. The summed E-state index contributed by atoms with van der Waals surface area (Å²) in [5.74, 6) is 0.470. The molecular weight excluding hydrogens is 713 g/mol. The van der Waals surface area contributed by atoms with E-state index >= 15 is 0 Å². The third-order valence-electron chi connectivity index (χ3n) is 9.63. The zero-order valence-electron chi connectivity index (χ0n) is 28.7. The van der Waals surface area contributed by atoms with Gasteiger partial charge in [0.1, 0.15) is 17.1 Å². The Morgan fingerprint density at radius 2 is 1.71 bits per heavy atom. The van der Waals surface area contributed by atoms with Gasteiger partial charge in [-0.1, -0.05) is 59.6 Å². The standard InChI is InChI=1S/C38H41Cl2N3O7S/c1-46-23-38(26-7-5-4-6-8-26,37(45)50-34-22-43-15-13-24(34)14-16-43)42-19-27-10-12-35(51-27)36(44)49-32(18-28-29(39)20-41-21-30(28)40)25-9-11-31(47-2)33(17-25)48-3/h4-12,17,20-21,24,32,34,42H,13-16,18-19,22-23H2,1-3H3/t32-,34-,38?/m0/s1. The number of halogens is 2. The lowest BCUT2D eigenvalue weighted by atomic mass is 9.85. The van der Waals surface area contributed by atoms with Crippen molar-refractivity contribution in [3.05, 3.63) is 110 Å². The van der Waals surface area contributed by atoms with Gasteiger partial charge >= 0.3 is 11.9 Å². The summed E-state index contributed by atoms with van der Waals surface area (Å²) in [6, 6.07) is 18.4. The van der Waals surface area contributed by atoms with E-state index in [2.05, 4.69) is 15.2 Å². The number of ether oxygens (including phenoxy) is 5. The molecule has 270 valence electrons. The van der Waals surface area contributed by atoms with Crippen molar-refractivity contribution >= 4 is 46.5 Å². The van der Waals surface area contributed by atoms with Crippen LogP contribution in [0.15, 0.2) is 73.1 Å². The van der Waals surface area contributed by atoms with Crippen molar-refractivity contribution in [2.45, 2.75) is 43.6 Å². The van der Waals surface area contributed by atoms with E-state index in [0.717, 1.165) is 42.9 Å². The zero-order valence-corrected chi connectivity index (χ0v) is 31.1. The van der Waals surface area contributed by atoms with Crippen LogP contribution in [-0.4, -0.2) is 75.5 Å². The summed E-state index contributed by atoms with van der Waals surface area (Å²) in [4.78, 5) is 35.5. The van der Waals surface area contributed by atoms with Crippen molar-refractivity contribution in [2.75, 3.05) is 47.6 Å². The van der Waals surface area contributed by atoms with Crippen LogP contribution < -0.4 is 14.8 Å². The van der Waals surface area contributed by atoms with Crippen LogP contribution in [0.5, 0.6) is 11.5 Å². The van der Waals surface area contributed by atoms with Gasteiger partial charge in [-0.3, -0.25) is 15.2 Å². The fourth-order valence-electron chi connectivity index (χ4n) is 6.81. The first-order valence-electron chi connectivity index (χ1n) is 16.8. The molecule has 0 amide bonds. The number of carbonyl (C=O) groups excluding carboxylic acids is 2. The predicted octanol–water partition coefficient (Wildman–Crippen LogP) is 6.88. The van der Waals surface area contributed by atoms with Crippen LogP contribution in [0.25, 0.3) is 0 Å². The van der Waals surface area contributed by atoms with Crippen molar-refractivity contribution in [1.29, 1.82) is 0 Å². The molecule has 3 saturated heterocycles. The van der Waals surface area contributed by atoms with Gasteiger partial charge in [-0.2, -0.15) is 0 Å². The van der Waals surface area contributed by atoms with Gasteiger partial charge in [0.15, 0.2) is 17.0 Å². The molecule has 1 N–H and O–H groups in total. The number of carbonyl (C=O) groups is 2. The molecule has 0 saturated carbocycles. The second kappa shape index (κ2) is 16.8. The minimum absolute atomic E-state index is 0.0599. The highest BCUT2D eigenvalue weighted by molar-refractivity contribution is 7.13. The molecule has 7 rings (SSSR count). The molecule has 3 aliphatic rings. The minimum Gasteiger partial charge on any atom is -0.493 e. The van der Waals surface area contributed by atoms with Gasteiger partial charge in [0, 0.05) is 43.9 Å². The normalized spacial score (nSPS) is 19.9. The third kappa shape index (κ3) is 8.35. The highest BCUT2D eigenvalue weighted by atomic mass is 35.5. The van der Waals surface area contributed by atoms with Crippen molar-refractivity contribution in [1.82, 2.24) is 15.2 Å². The lowest BCUT2D eigenvalue weighted by Crippen LogP contribution is -2.57. The molecule has 3 atom stereocenters. The SMILES string of the molecule is COCC(NCc1ccc(C(=O)O[C@@H](Cc2c(Cl)cncc2Cl)c2ccc(OC)c(OC)c2)s1)(C(=O)O[C@H]1CN2CCC1CC2)c1ccccc1.